The number of fused-ring (bicyclic) bond motifs is 16. The van der Waals surface area contributed by atoms with Gasteiger partial charge in [0.25, 0.3) is 23.6 Å². The molecule has 8 aromatic carbocycles. The number of carbonyl (C=O) groups is 4. The monoisotopic (exact) mass is 2060 g/mol. The molecule has 0 radical (unpaired) electrons. The van der Waals surface area contributed by atoms with E-state index in [-0.39, 0.29) is 164 Å². The highest BCUT2D eigenvalue weighted by atomic mass is 32.2. The van der Waals surface area contributed by atoms with Gasteiger partial charge in [0, 0.05) is 129 Å². The standard InChI is InChI=1S/2C26H25FN3O3PS.C25H22F2N3O4PS.C25H23FN3O4PS/c1-15-9-11-28-21(13-15)30(29-12-10-19(31)25(33-34)24(29)26(28)32)23-17-6-2-3-8-20(17)35-14-16-5-4-7-18(27)22(16)23;1-15-8-10-28-22(12-15)30(29-11-9-20(31)25(33-34)24(29)26(28)32)23-18-7-6-17(27)13-16(18)14-35-21-5-3-2-4-19(21)23;1-13-10-28-20(11-33-13)30(29-9-8-18(31)24(34-35)23(29)25(28)32)22-14-6-7-17(26)21(27)16(14)12-36-19-5-3-2-4-15(19)22;1-14-11-27-21(12-32-14)29(28-9-8-19(30)24(33-34)23(28)25(27)31)22-17-7-6-16(26)10-15(17)13-35-20-5-3-2-4-18(20)22/h2-8,10,12,15,21,23H,9,11,13-14,34H2,1H3;2-7,9,11,13,15,22-23H,8,10,12,14,34H2,1H3;2-9,13,20,22H,10-12,35H2,1H3;2-10,14,21-22H,11-13,34H2,1H3/t15-,21-,23-;15-,22-,23+;13-,20+,22-;14-,21+,22-/m1100/s1. The van der Waals surface area contributed by atoms with Gasteiger partial charge in [-0.2, -0.15) is 0 Å². The molecular weight excluding hydrogens is 1960 g/mol. The summed E-state index contributed by atoms with van der Waals surface area (Å²) in [5.41, 5.74) is 9.20. The molecule has 726 valence electrons. The van der Waals surface area contributed by atoms with Crippen molar-refractivity contribution in [1.29, 1.82) is 0 Å². The quantitative estimate of drug-likeness (QED) is 0.101. The maximum absolute atomic E-state index is 15.7. The maximum Gasteiger partial charge on any atom is 0.278 e. The number of hydrogen-bond donors (Lipinski definition) is 0. The number of hydrogen-bond acceptors (Lipinski definition) is 22. The van der Waals surface area contributed by atoms with Gasteiger partial charge >= 0.3 is 0 Å². The first kappa shape index (κ1) is 95.7. The third-order valence-electron chi connectivity index (χ3n) is 28.2. The lowest BCUT2D eigenvalue weighted by Gasteiger charge is -2.53. The Labute approximate surface area is 833 Å². The van der Waals surface area contributed by atoms with E-state index in [1.54, 1.807) is 107 Å². The van der Waals surface area contributed by atoms with Crippen molar-refractivity contribution in [3.63, 3.8) is 0 Å². The van der Waals surface area contributed by atoms with Crippen LogP contribution in [0.3, 0.4) is 0 Å². The number of amides is 4. The summed E-state index contributed by atoms with van der Waals surface area (Å²) in [5.74, 6) is -0.867. The van der Waals surface area contributed by atoms with Crippen LogP contribution in [0, 0.1) is 40.9 Å². The Morgan fingerprint density at radius 3 is 1.08 bits per heavy atom. The topological polar surface area (TPSA) is 238 Å². The Hall–Kier alpha value is -11.5. The van der Waals surface area contributed by atoms with Gasteiger partial charge in [0.2, 0.25) is 44.7 Å². The average Bonchev–Trinajstić information content (AvgIpc) is 1.66. The molecule has 16 heterocycles. The highest BCUT2D eigenvalue weighted by Crippen LogP contribution is 2.53. The van der Waals surface area contributed by atoms with E-state index < -0.39 is 41.5 Å². The van der Waals surface area contributed by atoms with Crippen molar-refractivity contribution in [2.75, 3.05) is 59.4 Å². The fourth-order valence-electron chi connectivity index (χ4n) is 21.7. The molecule has 26 nitrogen and oxygen atoms in total. The van der Waals surface area contributed by atoms with Gasteiger partial charge in [-0.25, -0.2) is 22.0 Å². The van der Waals surface area contributed by atoms with Gasteiger partial charge in [0.15, 0.2) is 34.4 Å². The Bertz CT molecular complexity index is 7340. The first-order chi connectivity index (χ1) is 68.3. The van der Waals surface area contributed by atoms with Gasteiger partial charge in [0.05, 0.1) is 81.4 Å². The van der Waals surface area contributed by atoms with Crippen LogP contribution in [-0.4, -0.2) is 138 Å². The summed E-state index contributed by atoms with van der Waals surface area (Å²) >= 11 is 6.47. The van der Waals surface area contributed by atoms with E-state index in [4.69, 9.17) is 27.6 Å². The fourth-order valence-corrected chi connectivity index (χ4v) is 27.0. The lowest BCUT2D eigenvalue weighted by molar-refractivity contribution is -0.0575. The van der Waals surface area contributed by atoms with Crippen molar-refractivity contribution in [3.05, 3.63) is 372 Å². The number of nitrogens with zero attached hydrogens (tertiary/aromatic N) is 12. The van der Waals surface area contributed by atoms with Crippen LogP contribution in [0.4, 0.5) is 22.0 Å². The summed E-state index contributed by atoms with van der Waals surface area (Å²) in [6.07, 6.45) is 7.82. The van der Waals surface area contributed by atoms with E-state index in [1.165, 1.54) is 60.4 Å². The molecule has 4 unspecified atom stereocenters. The van der Waals surface area contributed by atoms with Crippen LogP contribution in [0.5, 0.6) is 23.0 Å². The smallest absolute Gasteiger partial charge is 0.278 e. The van der Waals surface area contributed by atoms with Gasteiger partial charge in [0.1, 0.15) is 48.2 Å². The van der Waals surface area contributed by atoms with E-state index in [1.807, 2.05) is 123 Å². The predicted octanol–water partition coefficient (Wildman–Crippen LogP) is 16.9. The molecule has 0 spiro atoms. The first-order valence-electron chi connectivity index (χ1n) is 46.1. The highest BCUT2D eigenvalue weighted by Gasteiger charge is 2.54. The molecule has 4 fully saturated rings. The molecule has 16 atom stereocenters. The lowest BCUT2D eigenvalue weighted by Crippen LogP contribution is -2.67. The molecule has 39 heteroatoms. The molecule has 0 bridgehead atoms. The molecule has 4 saturated heterocycles. The van der Waals surface area contributed by atoms with Crippen molar-refractivity contribution < 1.29 is 68.7 Å². The molecule has 0 aliphatic carbocycles. The first-order valence-corrected chi connectivity index (χ1v) is 52.0. The number of rotatable bonds is 8. The average molecular weight is 2060 g/mol. The van der Waals surface area contributed by atoms with Crippen LogP contribution in [0.2, 0.25) is 0 Å². The number of morpholine rings is 2. The SMILES string of the molecule is C[C@@H]1CCN2C(=O)c3c(OP)c(=O)ccn3N([C@@H]3c4ccccc4SCc4cccc(F)c43)[C@@H]2C1.C[C@@H]1CCN2C(=O)c3c(OP)c(=O)ccn3N([C@H]3c4ccc(F)cc4CSc4ccccc43)[C@@H]2C1.C[C@H]1CN2C(=O)c3c(OP)c(=O)ccn3N([C@@H]3c4ccccc4SCc4c3ccc(F)c4F)[C@@H]2CO1.C[C@H]1CN2C(=O)c3c(OP)c(=O)ccn3N([C@H]3c4ccc(F)cc4CSc4ccccc43)[C@@H]2CO1. The zero-order chi connectivity index (χ0) is 97.9. The number of pyridine rings is 4. The largest absolute Gasteiger partial charge is 0.474 e. The van der Waals surface area contributed by atoms with Crippen LogP contribution in [0.1, 0.15) is 186 Å². The zero-order valence-electron chi connectivity index (χ0n) is 76.4. The van der Waals surface area contributed by atoms with Crippen molar-refractivity contribution >= 4 is 109 Å². The van der Waals surface area contributed by atoms with E-state index in [9.17, 15) is 51.5 Å². The van der Waals surface area contributed by atoms with Gasteiger partial charge in [-0.3, -0.25) is 77.1 Å². The summed E-state index contributed by atoms with van der Waals surface area (Å²) < 4.78 is 114. The minimum Gasteiger partial charge on any atom is -0.474 e. The molecule has 12 aliphatic heterocycles. The third-order valence-corrected chi connectivity index (χ3v) is 33.7. The van der Waals surface area contributed by atoms with Crippen LogP contribution >= 0.6 is 84.9 Å². The fraction of sp³-hybridized carbons (Fsp3) is 0.294. The van der Waals surface area contributed by atoms with Crippen molar-refractivity contribution in [2.45, 2.75) is 157 Å². The van der Waals surface area contributed by atoms with Crippen LogP contribution in [0.25, 0.3) is 0 Å². The van der Waals surface area contributed by atoms with Crippen LogP contribution in [0.15, 0.2) is 252 Å². The summed E-state index contributed by atoms with van der Waals surface area (Å²) in [6.45, 7) is 10.5. The molecule has 141 heavy (non-hydrogen) atoms. The number of thioether (sulfide) groups is 4. The normalized spacial score (nSPS) is 23.0. The predicted molar refractivity (Wildman–Crippen MR) is 541 cm³/mol. The molecule has 0 N–H and O–H groups in total. The lowest BCUT2D eigenvalue weighted by atomic mass is 9.90. The number of benzene rings is 8. The second kappa shape index (κ2) is 39.3. The van der Waals surface area contributed by atoms with Crippen LogP contribution in [-0.2, 0) is 32.5 Å². The molecule has 12 aromatic rings. The number of carbonyl (C=O) groups excluding carboxylic acids is 4. The minimum atomic E-state index is -0.910. The Morgan fingerprint density at radius 1 is 0.340 bits per heavy atom. The molecular formula is C102H95F5N12O14P4S4. The zero-order valence-corrected chi connectivity index (χ0v) is 84.3. The summed E-state index contributed by atoms with van der Waals surface area (Å²) in [5, 5.41) is 8.26. The van der Waals surface area contributed by atoms with E-state index in [0.717, 1.165) is 101 Å². The number of halogens is 5. The molecule has 4 aromatic heterocycles. The number of ether oxygens (including phenoxy) is 2. The highest BCUT2D eigenvalue weighted by molar-refractivity contribution is 7.99. The Kier molecular flexibility index (Phi) is 26.7. The Morgan fingerprint density at radius 2 is 0.681 bits per heavy atom. The van der Waals surface area contributed by atoms with Gasteiger partial charge in [-0.1, -0.05) is 117 Å². The van der Waals surface area contributed by atoms with Crippen molar-refractivity contribution in [2.24, 2.45) is 11.8 Å². The molecule has 4 amide bonds. The molecule has 0 saturated carbocycles. The minimum absolute atomic E-state index is 0.0141. The summed E-state index contributed by atoms with van der Waals surface area (Å²) in [7, 11) is 8.31. The Balaban J connectivity index is 0.000000111. The van der Waals surface area contributed by atoms with E-state index in [0.29, 0.717) is 66.4 Å². The van der Waals surface area contributed by atoms with Crippen molar-refractivity contribution in [3.8, 4) is 23.0 Å². The maximum atomic E-state index is 15.7. The second-order valence-corrected chi connectivity index (χ2v) is 41.5. The van der Waals surface area contributed by atoms with Gasteiger partial charge in [-0.15, -0.1) is 47.0 Å². The van der Waals surface area contributed by atoms with Gasteiger partial charge in [-0.05, 0) is 168 Å². The van der Waals surface area contributed by atoms with E-state index in [2.05, 4.69) is 87.6 Å². The molecule has 12 aliphatic rings. The van der Waals surface area contributed by atoms with Crippen LogP contribution < -0.4 is 59.8 Å². The van der Waals surface area contributed by atoms with Crippen molar-refractivity contribution in [1.82, 2.24) is 38.3 Å². The third kappa shape index (κ3) is 16.8. The van der Waals surface area contributed by atoms with Gasteiger partial charge < -0.3 is 47.2 Å². The second-order valence-electron chi connectivity index (χ2n) is 36.5. The van der Waals surface area contributed by atoms with E-state index >= 15 is 8.78 Å². The summed E-state index contributed by atoms with van der Waals surface area (Å²) in [6, 6.07) is 53.7. The molecule has 24 rings (SSSR count). The number of piperidine rings is 2. The summed E-state index contributed by atoms with van der Waals surface area (Å²) in [4.78, 5) is 117. The number of aromatic nitrogens is 4.